The van der Waals surface area contributed by atoms with Gasteiger partial charge in [0.1, 0.15) is 0 Å². The van der Waals surface area contributed by atoms with E-state index in [1.165, 1.54) is 0 Å². The molecule has 0 aromatic rings. The maximum Gasteiger partial charge on any atom is 0.213 e. The van der Waals surface area contributed by atoms with Crippen molar-refractivity contribution in [2.75, 3.05) is 113 Å². The summed E-state index contributed by atoms with van der Waals surface area (Å²) in [5.74, 6) is 0. The van der Waals surface area contributed by atoms with Gasteiger partial charge in [-0.05, 0) is 154 Å². The van der Waals surface area contributed by atoms with Crippen molar-refractivity contribution in [3.63, 3.8) is 0 Å². The van der Waals surface area contributed by atoms with E-state index in [0.717, 1.165) is 0 Å². The zero-order valence-electron chi connectivity index (χ0n) is 29.3. The van der Waals surface area contributed by atoms with Crippen molar-refractivity contribution in [2.24, 2.45) is 14.0 Å². The molecule has 11 nitrogen and oxygen atoms in total. The van der Waals surface area contributed by atoms with Crippen LogP contribution in [-0.2, 0) is 0 Å². The Balaban J connectivity index is 0. The van der Waals surface area contributed by atoms with Gasteiger partial charge in [-0.1, -0.05) is 0 Å². The minimum absolute atomic E-state index is 0.0212. The third-order valence-corrected chi connectivity index (χ3v) is 17.6. The molecule has 0 N–H and O–H groups in total. The van der Waals surface area contributed by atoms with Crippen LogP contribution >= 0.6 is 22.5 Å². The van der Waals surface area contributed by atoms with E-state index in [4.69, 9.17) is 14.0 Å². The molecule has 0 aromatic heterocycles. The fraction of sp³-hybridized carbons (Fsp3) is 1.00. The SMILES string of the molecule is CN(C)P(=NC(C)(C)C)(N(C)C)N(C)C.CN(C)P(=NC(C)(C)C)(N=P(N(C)C)(N(C)C)N(C)C)N(C)C. The predicted octanol–water partition coefficient (Wildman–Crippen LogP) is 5.90. The van der Waals surface area contributed by atoms with Crippen LogP contribution in [0.2, 0.25) is 0 Å². The highest BCUT2D eigenvalue weighted by atomic mass is 31.2. The van der Waals surface area contributed by atoms with Crippen molar-refractivity contribution in [3.8, 4) is 0 Å². The molecule has 0 aliphatic carbocycles. The molecule has 38 heavy (non-hydrogen) atoms. The van der Waals surface area contributed by atoms with Crippen molar-refractivity contribution in [3.05, 3.63) is 0 Å². The first-order chi connectivity index (χ1) is 16.7. The first kappa shape index (κ1) is 40.5. The van der Waals surface area contributed by atoms with E-state index < -0.39 is 22.5 Å². The van der Waals surface area contributed by atoms with Crippen molar-refractivity contribution in [1.29, 1.82) is 0 Å². The Morgan fingerprint density at radius 1 is 0.342 bits per heavy atom. The van der Waals surface area contributed by atoms with Gasteiger partial charge in [0.2, 0.25) is 7.51 Å². The summed E-state index contributed by atoms with van der Waals surface area (Å²) in [5.41, 5.74) is -0.182. The molecule has 0 bridgehead atoms. The molecule has 0 radical (unpaired) electrons. The lowest BCUT2D eigenvalue weighted by Gasteiger charge is -2.45. The second-order valence-electron chi connectivity index (χ2n) is 13.0. The van der Waals surface area contributed by atoms with Crippen LogP contribution in [0.5, 0.6) is 0 Å². The average Bonchev–Trinajstić information content (AvgIpc) is 2.66. The van der Waals surface area contributed by atoms with Crippen LogP contribution < -0.4 is 0 Å². The zero-order chi connectivity index (χ0) is 31.2. The van der Waals surface area contributed by atoms with Gasteiger partial charge in [-0.3, -0.25) is 32.8 Å². The van der Waals surface area contributed by atoms with Crippen LogP contribution in [0.25, 0.3) is 0 Å². The standard InChI is InChI=1S/C14H39N7P2.C10H27N4P/c1-14(2,3)15-22(17(4)5,18(6)7)16-23(19(8)9,20(10)11)21(12)13;1-10(2,3)11-15(12(4)5,13(6)7)14(8)9/h1-13H3;1-9H3. The number of rotatable bonds is 9. The Kier molecular flexibility index (Phi) is 16.0. The second-order valence-corrected chi connectivity index (χ2v) is 23.8. The molecule has 0 aliphatic heterocycles. The van der Waals surface area contributed by atoms with Crippen molar-refractivity contribution < 1.29 is 0 Å². The van der Waals surface area contributed by atoms with Crippen LogP contribution in [0, 0.1) is 0 Å². The Bertz CT molecular complexity index is 807. The summed E-state index contributed by atoms with van der Waals surface area (Å²) in [5, 5.41) is 0. The highest BCUT2D eigenvalue weighted by Gasteiger charge is 2.37. The van der Waals surface area contributed by atoms with Crippen molar-refractivity contribution in [2.45, 2.75) is 52.6 Å². The molecule has 0 amide bonds. The molecular formula is C24H66N11P3. The summed E-state index contributed by atoms with van der Waals surface area (Å²) >= 11 is 0. The molecule has 0 aliphatic rings. The molecule has 232 valence electrons. The maximum absolute atomic E-state index is 5.51. The topological polar surface area (TPSA) is 63.0 Å². The van der Waals surface area contributed by atoms with Gasteiger partial charge in [0.25, 0.3) is 0 Å². The van der Waals surface area contributed by atoms with Gasteiger partial charge in [-0.15, -0.1) is 0 Å². The molecule has 0 unspecified atom stereocenters. The van der Waals surface area contributed by atoms with E-state index >= 15 is 0 Å². The third-order valence-electron chi connectivity index (χ3n) is 5.40. The minimum atomic E-state index is -2.20. The van der Waals surface area contributed by atoms with Gasteiger partial charge < -0.3 is 0 Å². The van der Waals surface area contributed by atoms with E-state index in [0.29, 0.717) is 0 Å². The van der Waals surface area contributed by atoms with Crippen LogP contribution in [0.1, 0.15) is 41.5 Å². The van der Waals surface area contributed by atoms with Gasteiger partial charge >= 0.3 is 0 Å². The molecule has 0 rings (SSSR count). The Morgan fingerprint density at radius 2 is 0.579 bits per heavy atom. The maximum atomic E-state index is 5.51. The van der Waals surface area contributed by atoms with Crippen LogP contribution in [0.3, 0.4) is 0 Å². The van der Waals surface area contributed by atoms with Gasteiger partial charge in [-0.2, -0.15) is 4.52 Å². The molecule has 0 spiro atoms. The first-order valence-corrected chi connectivity index (χ1v) is 17.8. The molecule has 0 aromatic carbocycles. The number of nitrogens with zero attached hydrogens (tertiary/aromatic N) is 11. The fourth-order valence-corrected chi connectivity index (χ4v) is 16.5. The highest BCUT2D eigenvalue weighted by molar-refractivity contribution is 7.71. The molecule has 14 heteroatoms. The molecule has 0 saturated heterocycles. The van der Waals surface area contributed by atoms with Crippen LogP contribution in [0.4, 0.5) is 0 Å². The number of hydrogen-bond donors (Lipinski definition) is 0. The van der Waals surface area contributed by atoms with Crippen molar-refractivity contribution >= 4 is 22.5 Å². The monoisotopic (exact) mass is 601 g/mol. The zero-order valence-corrected chi connectivity index (χ0v) is 31.9. The van der Waals surface area contributed by atoms with E-state index in [-0.39, 0.29) is 11.1 Å². The summed E-state index contributed by atoms with van der Waals surface area (Å²) in [7, 11) is 27.6. The van der Waals surface area contributed by atoms with Gasteiger partial charge in [-0.25, -0.2) is 14.1 Å². The predicted molar refractivity (Wildman–Crippen MR) is 177 cm³/mol. The molecule has 0 saturated carbocycles. The summed E-state index contributed by atoms with van der Waals surface area (Å²) in [6, 6.07) is 0. The average molecular weight is 602 g/mol. The summed E-state index contributed by atoms with van der Waals surface area (Å²) in [6.45, 7) is 12.9. The van der Waals surface area contributed by atoms with Gasteiger partial charge in [0.15, 0.2) is 15.0 Å². The Labute approximate surface area is 239 Å². The summed E-state index contributed by atoms with van der Waals surface area (Å²) < 4.78 is 33.6. The lowest BCUT2D eigenvalue weighted by molar-refractivity contribution is 0.454. The third kappa shape index (κ3) is 10.3. The molecular weight excluding hydrogens is 535 g/mol. The quantitative estimate of drug-likeness (QED) is 0.303. The molecule has 0 atom stereocenters. The lowest BCUT2D eigenvalue weighted by Crippen LogP contribution is -2.32. The van der Waals surface area contributed by atoms with Crippen LogP contribution in [-0.4, -0.2) is 161 Å². The summed E-state index contributed by atoms with van der Waals surface area (Å²) in [6.07, 6.45) is 0. The highest BCUT2D eigenvalue weighted by Crippen LogP contribution is 2.68. The van der Waals surface area contributed by atoms with E-state index in [1.54, 1.807) is 0 Å². The van der Waals surface area contributed by atoms with Crippen LogP contribution in [0.15, 0.2) is 14.0 Å². The molecule has 0 fully saturated rings. The van der Waals surface area contributed by atoms with E-state index in [2.05, 4.69) is 192 Å². The van der Waals surface area contributed by atoms with E-state index in [1.807, 2.05) is 0 Å². The minimum Gasteiger partial charge on any atom is -0.255 e. The lowest BCUT2D eigenvalue weighted by atomic mass is 10.1. The van der Waals surface area contributed by atoms with Gasteiger partial charge in [0, 0.05) is 0 Å². The van der Waals surface area contributed by atoms with Gasteiger partial charge in [0.05, 0.1) is 11.1 Å². The largest absolute Gasteiger partial charge is 0.255 e. The second kappa shape index (κ2) is 15.0. The molecule has 0 heterocycles. The Hall–Kier alpha value is 0.370. The number of hydrogen-bond acceptors (Lipinski definition) is 2. The Morgan fingerprint density at radius 3 is 0.711 bits per heavy atom. The van der Waals surface area contributed by atoms with Crippen molar-refractivity contribution in [1.82, 2.24) is 37.4 Å². The fourth-order valence-electron chi connectivity index (χ4n) is 4.34. The smallest absolute Gasteiger partial charge is 0.213 e. The first-order valence-electron chi connectivity index (χ1n) is 13.0. The normalized spacial score (nSPS) is 14.4. The van der Waals surface area contributed by atoms with E-state index in [9.17, 15) is 0 Å². The summed E-state index contributed by atoms with van der Waals surface area (Å²) in [4.78, 5) is 0.